The summed E-state index contributed by atoms with van der Waals surface area (Å²) in [5, 5.41) is 12.0. The first-order valence-electron chi connectivity index (χ1n) is 5.73. The van der Waals surface area contributed by atoms with Crippen LogP contribution in [0.4, 0.5) is 0 Å². The summed E-state index contributed by atoms with van der Waals surface area (Å²) in [5.74, 6) is -1.45. The van der Waals surface area contributed by atoms with Crippen LogP contribution in [0.15, 0.2) is 27.5 Å². The van der Waals surface area contributed by atoms with E-state index in [1.807, 2.05) is 0 Å². The maximum Gasteiger partial charge on any atom is 0.284 e. The number of amides is 2. The van der Waals surface area contributed by atoms with E-state index in [0.29, 0.717) is 0 Å². The summed E-state index contributed by atoms with van der Waals surface area (Å²) in [7, 11) is 0. The molecule has 9 heteroatoms. The molecule has 0 aromatic carbocycles. The fraction of sp³-hybridized carbons (Fsp3) is 0.0833. The first-order chi connectivity index (χ1) is 9.88. The van der Waals surface area contributed by atoms with E-state index >= 15 is 0 Å². The number of rotatable bonds is 2. The number of aliphatic imine (C=N–C) groups is 1. The lowest BCUT2D eigenvalue weighted by Crippen LogP contribution is -2.37. The number of aromatic nitrogens is 2. The van der Waals surface area contributed by atoms with Crippen LogP contribution >= 0.6 is 12.2 Å². The van der Waals surface area contributed by atoms with Gasteiger partial charge in [0.15, 0.2) is 4.77 Å². The molecule has 0 saturated heterocycles. The topological polar surface area (TPSA) is 127 Å². The monoisotopic (exact) mass is 306 g/mol. The van der Waals surface area contributed by atoms with Crippen molar-refractivity contribution in [2.24, 2.45) is 4.99 Å². The van der Waals surface area contributed by atoms with E-state index in [2.05, 4.69) is 32.5 Å². The van der Waals surface area contributed by atoms with Crippen LogP contribution in [-0.4, -0.2) is 32.7 Å². The zero-order chi connectivity index (χ0) is 15.6. The molecule has 0 atom stereocenters. The zero-order valence-corrected chi connectivity index (χ0v) is 11.6. The van der Waals surface area contributed by atoms with E-state index in [1.165, 1.54) is 25.2 Å². The number of hydrogen-bond donors (Lipinski definition) is 4. The third kappa shape index (κ3) is 3.20. The molecular formula is C12H10N4O4S. The van der Waals surface area contributed by atoms with Gasteiger partial charge < -0.3 is 15.4 Å². The van der Waals surface area contributed by atoms with Crippen LogP contribution in [0.1, 0.15) is 12.5 Å². The summed E-state index contributed by atoms with van der Waals surface area (Å²) in [4.78, 5) is 43.0. The van der Waals surface area contributed by atoms with Crippen LogP contribution in [0, 0.1) is 4.77 Å². The highest BCUT2D eigenvalue weighted by molar-refractivity contribution is 7.71. The van der Waals surface area contributed by atoms with E-state index in [-0.39, 0.29) is 21.7 Å². The molecule has 0 bridgehead atoms. The SMILES string of the molecule is CC1=NC(=O)/C(=C\C=Cc2c(O)[nH]c(=S)[nH]c2=O)C(=O)N1. The van der Waals surface area contributed by atoms with Gasteiger partial charge in [0.2, 0.25) is 5.88 Å². The Kier molecular flexibility index (Phi) is 3.94. The number of aromatic hydroxyl groups is 1. The molecule has 1 aromatic rings. The molecule has 2 rings (SSSR count). The highest BCUT2D eigenvalue weighted by Crippen LogP contribution is 2.10. The van der Waals surface area contributed by atoms with Crippen molar-refractivity contribution in [3.05, 3.63) is 38.4 Å². The first-order valence-corrected chi connectivity index (χ1v) is 6.14. The molecule has 0 radical (unpaired) electrons. The molecule has 2 amide bonds. The quantitative estimate of drug-likeness (QED) is 0.351. The van der Waals surface area contributed by atoms with Gasteiger partial charge in [-0.05, 0) is 31.3 Å². The van der Waals surface area contributed by atoms with E-state index < -0.39 is 23.3 Å². The van der Waals surface area contributed by atoms with E-state index in [1.54, 1.807) is 0 Å². The van der Waals surface area contributed by atoms with Crippen molar-refractivity contribution in [3.8, 4) is 5.88 Å². The number of carbonyl (C=O) groups excluding carboxylic acids is 2. The Balaban J connectivity index is 2.34. The maximum absolute atomic E-state index is 11.6. The zero-order valence-electron chi connectivity index (χ0n) is 10.8. The molecule has 21 heavy (non-hydrogen) atoms. The number of allylic oxidation sites excluding steroid dienone is 2. The standard InChI is InChI=1S/C12H10N4O4S/c1-5-13-8(17)6(9(18)14-5)3-2-4-7-10(19)15-12(21)16-11(7)20/h2-4H,1H3,(H,13,14,17,18)(H3,15,16,19,20,21). The van der Waals surface area contributed by atoms with Crippen LogP contribution in [-0.2, 0) is 9.59 Å². The Morgan fingerprint density at radius 1 is 1.24 bits per heavy atom. The fourth-order valence-corrected chi connectivity index (χ4v) is 1.78. The lowest BCUT2D eigenvalue weighted by molar-refractivity contribution is -0.122. The molecular weight excluding hydrogens is 296 g/mol. The molecule has 8 nitrogen and oxygen atoms in total. The van der Waals surface area contributed by atoms with Crippen LogP contribution in [0.3, 0.4) is 0 Å². The molecule has 0 fully saturated rings. The third-order valence-electron chi connectivity index (χ3n) is 2.52. The summed E-state index contributed by atoms with van der Waals surface area (Å²) >= 11 is 4.68. The Hall–Kier alpha value is -2.81. The van der Waals surface area contributed by atoms with E-state index in [9.17, 15) is 19.5 Å². The second-order valence-corrected chi connectivity index (χ2v) is 4.47. The molecule has 0 spiro atoms. The Morgan fingerprint density at radius 3 is 2.57 bits per heavy atom. The van der Waals surface area contributed by atoms with Gasteiger partial charge in [0, 0.05) is 0 Å². The highest BCUT2D eigenvalue weighted by Gasteiger charge is 2.22. The predicted octanol–water partition coefficient (Wildman–Crippen LogP) is 0.152. The number of aromatic amines is 2. The second-order valence-electron chi connectivity index (χ2n) is 4.07. The van der Waals surface area contributed by atoms with Gasteiger partial charge in [-0.1, -0.05) is 6.08 Å². The predicted molar refractivity (Wildman–Crippen MR) is 77.3 cm³/mol. The van der Waals surface area contributed by atoms with Crippen molar-refractivity contribution in [1.29, 1.82) is 0 Å². The summed E-state index contributed by atoms with van der Waals surface area (Å²) < 4.78 is -0.0142. The van der Waals surface area contributed by atoms with Crippen molar-refractivity contribution < 1.29 is 14.7 Å². The van der Waals surface area contributed by atoms with Gasteiger partial charge in [0.05, 0.1) is 5.56 Å². The number of H-pyrrole nitrogens is 2. The van der Waals surface area contributed by atoms with Gasteiger partial charge >= 0.3 is 0 Å². The minimum Gasteiger partial charge on any atom is -0.494 e. The first kappa shape index (κ1) is 14.6. The van der Waals surface area contributed by atoms with Crippen molar-refractivity contribution >= 4 is 35.9 Å². The Bertz CT molecular complexity index is 828. The normalized spacial score (nSPS) is 17.2. The average molecular weight is 306 g/mol. The minimum absolute atomic E-state index is 0.0142. The fourth-order valence-electron chi connectivity index (χ4n) is 1.60. The van der Waals surface area contributed by atoms with E-state index in [4.69, 9.17) is 0 Å². The molecule has 0 unspecified atom stereocenters. The van der Waals surface area contributed by atoms with Gasteiger partial charge in [-0.15, -0.1) is 0 Å². The number of nitrogens with one attached hydrogen (secondary N) is 3. The van der Waals surface area contributed by atoms with Crippen LogP contribution in [0.2, 0.25) is 0 Å². The average Bonchev–Trinajstić information content (AvgIpc) is 2.34. The van der Waals surface area contributed by atoms with Gasteiger partial charge in [-0.2, -0.15) is 4.99 Å². The van der Waals surface area contributed by atoms with Crippen molar-refractivity contribution in [1.82, 2.24) is 15.3 Å². The molecule has 0 aliphatic carbocycles. The lowest BCUT2D eigenvalue weighted by atomic mass is 10.1. The van der Waals surface area contributed by atoms with Gasteiger partial charge in [-0.3, -0.25) is 19.4 Å². The van der Waals surface area contributed by atoms with Crippen LogP contribution < -0.4 is 10.9 Å². The van der Waals surface area contributed by atoms with E-state index in [0.717, 1.165) is 0 Å². The Morgan fingerprint density at radius 2 is 1.95 bits per heavy atom. The molecule has 1 aliphatic rings. The van der Waals surface area contributed by atoms with Crippen molar-refractivity contribution in [2.75, 3.05) is 0 Å². The highest BCUT2D eigenvalue weighted by atomic mass is 32.1. The molecule has 2 heterocycles. The molecule has 1 aromatic heterocycles. The summed E-state index contributed by atoms with van der Waals surface area (Å²) in [6.45, 7) is 1.49. The number of amidine groups is 1. The van der Waals surface area contributed by atoms with Crippen LogP contribution in [0.25, 0.3) is 6.08 Å². The van der Waals surface area contributed by atoms with Crippen LogP contribution in [0.5, 0.6) is 5.88 Å². The van der Waals surface area contributed by atoms with Gasteiger partial charge in [0.1, 0.15) is 11.4 Å². The summed E-state index contributed by atoms with van der Waals surface area (Å²) in [6, 6.07) is 0. The van der Waals surface area contributed by atoms with Crippen molar-refractivity contribution in [2.45, 2.75) is 6.92 Å². The second kappa shape index (κ2) is 5.67. The number of hydrogen-bond acceptors (Lipinski definition) is 5. The minimum atomic E-state index is -0.675. The lowest BCUT2D eigenvalue weighted by Gasteiger charge is -2.10. The smallest absolute Gasteiger partial charge is 0.284 e. The largest absolute Gasteiger partial charge is 0.494 e. The summed E-state index contributed by atoms with van der Waals surface area (Å²) in [5.41, 5.74) is -0.848. The summed E-state index contributed by atoms with van der Waals surface area (Å²) in [6.07, 6.45) is 3.72. The molecule has 0 saturated carbocycles. The van der Waals surface area contributed by atoms with Crippen molar-refractivity contribution in [3.63, 3.8) is 0 Å². The van der Waals surface area contributed by atoms with Gasteiger partial charge in [0.25, 0.3) is 17.4 Å². The molecule has 4 N–H and O–H groups in total. The number of carbonyl (C=O) groups is 2. The Labute approximate surface area is 122 Å². The molecule has 1 aliphatic heterocycles. The maximum atomic E-state index is 11.6. The number of nitrogens with zero attached hydrogens (tertiary/aromatic N) is 1. The molecule has 108 valence electrons. The third-order valence-corrected chi connectivity index (χ3v) is 2.73. The van der Waals surface area contributed by atoms with Gasteiger partial charge in [-0.25, -0.2) is 0 Å².